The van der Waals surface area contributed by atoms with Crippen molar-refractivity contribution in [3.05, 3.63) is 127 Å². The topological polar surface area (TPSA) is 38.7 Å². The maximum atomic E-state index is 6.11. The monoisotopic (exact) mass is 503 g/mol. The quantitative estimate of drug-likeness (QED) is 0.214. The standard InChI is InChI=1S/C33H22BN3S/c1-3-26-28-19-11-18-27(30(28)38-29(26)21(2)34)24-16-10-17-25(20-24)33-36-31(22-12-6-4-7-13-22)35-32(37-33)23-14-8-5-9-15-23/h3-20H,1-2H2. The molecule has 0 aliphatic rings. The molecule has 0 saturated heterocycles. The van der Waals surface area contributed by atoms with Crippen LogP contribution in [0.3, 0.4) is 0 Å². The Hall–Kier alpha value is -4.61. The van der Waals surface area contributed by atoms with Crippen LogP contribution in [0.4, 0.5) is 0 Å². The summed E-state index contributed by atoms with van der Waals surface area (Å²) in [4.78, 5) is 15.5. The molecule has 0 saturated carbocycles. The summed E-state index contributed by atoms with van der Waals surface area (Å²) < 4.78 is 1.15. The molecule has 0 unspecified atom stereocenters. The molecular formula is C33H22BN3S. The highest BCUT2D eigenvalue weighted by atomic mass is 32.1. The van der Waals surface area contributed by atoms with E-state index in [0.717, 1.165) is 48.3 Å². The fraction of sp³-hybridized carbons (Fsp3) is 0. The van der Waals surface area contributed by atoms with Crippen LogP contribution in [0.5, 0.6) is 0 Å². The second-order valence-electron chi connectivity index (χ2n) is 8.88. The van der Waals surface area contributed by atoms with Gasteiger partial charge in [0, 0.05) is 31.7 Å². The average Bonchev–Trinajstić information content (AvgIpc) is 3.37. The van der Waals surface area contributed by atoms with Gasteiger partial charge in [-0.25, -0.2) is 15.0 Å². The van der Waals surface area contributed by atoms with Crippen molar-refractivity contribution in [2.75, 3.05) is 0 Å². The molecule has 2 radical (unpaired) electrons. The van der Waals surface area contributed by atoms with Crippen LogP contribution in [0.1, 0.15) is 10.4 Å². The molecule has 5 heteroatoms. The van der Waals surface area contributed by atoms with Crippen molar-refractivity contribution in [2.24, 2.45) is 0 Å². The molecule has 38 heavy (non-hydrogen) atoms. The molecule has 178 valence electrons. The summed E-state index contributed by atoms with van der Waals surface area (Å²) >= 11 is 1.64. The molecule has 0 spiro atoms. The number of hydrogen-bond acceptors (Lipinski definition) is 4. The van der Waals surface area contributed by atoms with E-state index in [2.05, 4.69) is 43.5 Å². The van der Waals surface area contributed by atoms with Gasteiger partial charge in [-0.15, -0.1) is 17.9 Å². The van der Waals surface area contributed by atoms with E-state index in [4.69, 9.17) is 22.8 Å². The molecule has 0 N–H and O–H groups in total. The number of thiophene rings is 1. The lowest BCUT2D eigenvalue weighted by atomic mass is 9.92. The lowest BCUT2D eigenvalue weighted by Crippen LogP contribution is -2.00. The number of rotatable bonds is 6. The summed E-state index contributed by atoms with van der Waals surface area (Å²) in [5.41, 5.74) is 6.56. The third kappa shape index (κ3) is 4.38. The Kier molecular flexibility index (Phi) is 6.28. The van der Waals surface area contributed by atoms with Crippen LogP contribution in [-0.4, -0.2) is 22.8 Å². The van der Waals surface area contributed by atoms with Crippen LogP contribution in [0.2, 0.25) is 0 Å². The van der Waals surface area contributed by atoms with Crippen LogP contribution in [-0.2, 0) is 0 Å². The highest BCUT2D eigenvalue weighted by Gasteiger charge is 2.16. The van der Waals surface area contributed by atoms with Gasteiger partial charge in [0.25, 0.3) is 0 Å². The normalized spacial score (nSPS) is 10.9. The Labute approximate surface area is 227 Å². The largest absolute Gasteiger partial charge is 0.208 e. The van der Waals surface area contributed by atoms with Crippen molar-refractivity contribution < 1.29 is 0 Å². The molecule has 0 aliphatic heterocycles. The van der Waals surface area contributed by atoms with Gasteiger partial charge in [0.2, 0.25) is 0 Å². The third-order valence-electron chi connectivity index (χ3n) is 6.38. The minimum Gasteiger partial charge on any atom is -0.208 e. The molecule has 4 aromatic carbocycles. The first kappa shape index (κ1) is 23.8. The van der Waals surface area contributed by atoms with E-state index in [9.17, 15) is 0 Å². The molecule has 6 aromatic rings. The Morgan fingerprint density at radius 1 is 0.658 bits per heavy atom. The van der Waals surface area contributed by atoms with Crippen molar-refractivity contribution in [2.45, 2.75) is 0 Å². The molecule has 0 amide bonds. The first-order valence-electron chi connectivity index (χ1n) is 12.2. The molecule has 0 atom stereocenters. The van der Waals surface area contributed by atoms with E-state index in [1.54, 1.807) is 11.3 Å². The molecule has 0 fully saturated rings. The zero-order valence-electron chi connectivity index (χ0n) is 20.6. The zero-order valence-corrected chi connectivity index (χ0v) is 21.5. The van der Waals surface area contributed by atoms with Crippen molar-refractivity contribution in [3.8, 4) is 45.3 Å². The van der Waals surface area contributed by atoms with Gasteiger partial charge < -0.3 is 0 Å². The highest BCUT2D eigenvalue weighted by molar-refractivity contribution is 7.21. The lowest BCUT2D eigenvalue weighted by Gasteiger charge is -2.10. The molecule has 6 rings (SSSR count). The predicted molar refractivity (Wildman–Crippen MR) is 162 cm³/mol. The van der Waals surface area contributed by atoms with E-state index < -0.39 is 0 Å². The number of aromatic nitrogens is 3. The predicted octanol–water partition coefficient (Wildman–Crippen LogP) is 8.54. The van der Waals surface area contributed by atoms with Crippen LogP contribution in [0.15, 0.2) is 116 Å². The Balaban J connectivity index is 1.52. The second kappa shape index (κ2) is 10.0. The van der Waals surface area contributed by atoms with E-state index >= 15 is 0 Å². The van der Waals surface area contributed by atoms with E-state index in [0.29, 0.717) is 22.9 Å². The van der Waals surface area contributed by atoms with E-state index in [1.807, 2.05) is 78.9 Å². The van der Waals surface area contributed by atoms with Crippen molar-refractivity contribution in [1.82, 2.24) is 15.0 Å². The minimum absolute atomic E-state index is 0.549. The summed E-state index contributed by atoms with van der Waals surface area (Å²) in [6.45, 7) is 7.98. The maximum absolute atomic E-state index is 6.11. The molecule has 0 aliphatic carbocycles. The van der Waals surface area contributed by atoms with Gasteiger partial charge in [-0.05, 0) is 22.8 Å². The number of benzene rings is 4. The fourth-order valence-electron chi connectivity index (χ4n) is 4.57. The van der Waals surface area contributed by atoms with Crippen LogP contribution in [0.25, 0.3) is 66.9 Å². The van der Waals surface area contributed by atoms with E-state index in [1.165, 1.54) is 0 Å². The van der Waals surface area contributed by atoms with Gasteiger partial charge in [-0.1, -0.05) is 115 Å². The molecule has 2 aromatic heterocycles. The first-order chi connectivity index (χ1) is 18.6. The van der Waals surface area contributed by atoms with Crippen molar-refractivity contribution >= 4 is 40.8 Å². The Morgan fingerprint density at radius 2 is 1.18 bits per heavy atom. The van der Waals surface area contributed by atoms with Crippen LogP contribution >= 0.6 is 11.3 Å². The van der Waals surface area contributed by atoms with Crippen LogP contribution in [0, 0.1) is 0 Å². The smallest absolute Gasteiger partial charge is 0.164 e. The Morgan fingerprint density at radius 3 is 1.76 bits per heavy atom. The van der Waals surface area contributed by atoms with Crippen LogP contribution < -0.4 is 0 Å². The summed E-state index contributed by atoms with van der Waals surface area (Å²) in [5, 5.41) is 1.12. The number of fused-ring (bicyclic) bond motifs is 1. The maximum Gasteiger partial charge on any atom is 0.164 e. The lowest BCUT2D eigenvalue weighted by molar-refractivity contribution is 1.07. The minimum atomic E-state index is 0.549. The van der Waals surface area contributed by atoms with E-state index in [-0.39, 0.29) is 0 Å². The van der Waals surface area contributed by atoms with Crippen molar-refractivity contribution in [1.29, 1.82) is 0 Å². The zero-order chi connectivity index (χ0) is 26.1. The molecular weight excluding hydrogens is 481 g/mol. The third-order valence-corrected chi connectivity index (χ3v) is 7.71. The average molecular weight is 503 g/mol. The number of nitrogens with zero attached hydrogens (tertiary/aromatic N) is 3. The fourth-order valence-corrected chi connectivity index (χ4v) is 5.79. The van der Waals surface area contributed by atoms with Gasteiger partial charge in [-0.3, -0.25) is 0 Å². The van der Waals surface area contributed by atoms with Gasteiger partial charge >= 0.3 is 0 Å². The van der Waals surface area contributed by atoms with Crippen molar-refractivity contribution in [3.63, 3.8) is 0 Å². The molecule has 2 heterocycles. The summed E-state index contributed by atoms with van der Waals surface area (Å²) in [6.07, 6.45) is 1.85. The summed E-state index contributed by atoms with van der Waals surface area (Å²) in [6, 6.07) is 34.6. The Bertz CT molecular complexity index is 1750. The second-order valence-corrected chi connectivity index (χ2v) is 9.90. The van der Waals surface area contributed by atoms with Gasteiger partial charge in [-0.2, -0.15) is 0 Å². The highest BCUT2D eigenvalue weighted by Crippen LogP contribution is 2.41. The summed E-state index contributed by atoms with van der Waals surface area (Å²) in [5.74, 6) is 1.91. The number of hydrogen-bond donors (Lipinski definition) is 0. The van der Waals surface area contributed by atoms with Gasteiger partial charge in [0.05, 0.1) is 0 Å². The summed E-state index contributed by atoms with van der Waals surface area (Å²) in [7, 11) is 6.11. The molecule has 3 nitrogen and oxygen atoms in total. The SMILES string of the molecule is [B]C(=C)c1sc2c(-c3cccc(-c4nc(-c5ccccc5)nc(-c5ccccc5)n4)c3)cccc2c1C=C. The molecule has 0 bridgehead atoms. The van der Waals surface area contributed by atoms with Gasteiger partial charge in [0.1, 0.15) is 7.85 Å². The van der Waals surface area contributed by atoms with Gasteiger partial charge in [0.15, 0.2) is 17.5 Å². The first-order valence-corrected chi connectivity index (χ1v) is 13.0.